The number of likely N-dealkylation sites (N-methyl/N-ethyl adjacent to an activating group) is 2. The Hall–Kier alpha value is -3.99. The first kappa shape index (κ1) is 20.7. The highest BCUT2D eigenvalue weighted by atomic mass is 16.6. The molecule has 30 heavy (non-hydrogen) atoms. The molecule has 0 saturated carbocycles. The summed E-state index contributed by atoms with van der Waals surface area (Å²) in [5.41, 5.74) is 0.380. The lowest BCUT2D eigenvalue weighted by molar-refractivity contribution is -0.384. The monoisotopic (exact) mass is 404 g/mol. The van der Waals surface area contributed by atoms with Crippen molar-refractivity contribution in [1.29, 1.82) is 5.26 Å². The SMILES string of the molecule is CN1C(=O)C(C)(Cc2cccc([N+](=O)[O-])c2)N(C)C(=O)C1=Cc1ccccc1C#N. The zero-order chi connectivity index (χ0) is 22.1. The molecule has 1 unspecified atom stereocenters. The van der Waals surface area contributed by atoms with Gasteiger partial charge in [-0.05, 0) is 30.2 Å². The van der Waals surface area contributed by atoms with E-state index in [-0.39, 0.29) is 29.6 Å². The summed E-state index contributed by atoms with van der Waals surface area (Å²) < 4.78 is 0. The molecular formula is C22H20N4O4. The summed E-state index contributed by atoms with van der Waals surface area (Å²) in [5.74, 6) is -0.699. The molecule has 1 atom stereocenters. The van der Waals surface area contributed by atoms with E-state index in [4.69, 9.17) is 0 Å². The summed E-state index contributed by atoms with van der Waals surface area (Å²) in [6.45, 7) is 1.64. The van der Waals surface area contributed by atoms with Crippen molar-refractivity contribution in [3.8, 4) is 6.07 Å². The number of hydrogen-bond donors (Lipinski definition) is 0. The predicted octanol–water partition coefficient (Wildman–Crippen LogP) is 2.74. The van der Waals surface area contributed by atoms with Crippen LogP contribution in [0.5, 0.6) is 0 Å². The summed E-state index contributed by atoms with van der Waals surface area (Å²) in [5, 5.41) is 20.4. The van der Waals surface area contributed by atoms with Crippen molar-refractivity contribution in [2.75, 3.05) is 14.1 Å². The Morgan fingerprint density at radius 3 is 2.53 bits per heavy atom. The number of nitrogens with zero attached hydrogens (tertiary/aromatic N) is 4. The van der Waals surface area contributed by atoms with Crippen LogP contribution in [-0.4, -0.2) is 46.2 Å². The minimum absolute atomic E-state index is 0.0737. The van der Waals surface area contributed by atoms with Crippen LogP contribution in [0.2, 0.25) is 0 Å². The fraction of sp³-hybridized carbons (Fsp3) is 0.227. The number of nitriles is 1. The maximum absolute atomic E-state index is 13.3. The van der Waals surface area contributed by atoms with E-state index >= 15 is 0 Å². The molecule has 2 aromatic carbocycles. The molecular weight excluding hydrogens is 384 g/mol. The fourth-order valence-corrected chi connectivity index (χ4v) is 3.56. The highest BCUT2D eigenvalue weighted by molar-refractivity contribution is 6.08. The molecule has 1 saturated heterocycles. The minimum atomic E-state index is -1.22. The maximum Gasteiger partial charge on any atom is 0.271 e. The summed E-state index contributed by atoms with van der Waals surface area (Å²) >= 11 is 0. The number of non-ortho nitro benzene ring substituents is 1. The van der Waals surface area contributed by atoms with E-state index in [1.165, 1.54) is 42.1 Å². The van der Waals surface area contributed by atoms with E-state index < -0.39 is 10.5 Å². The zero-order valence-corrected chi connectivity index (χ0v) is 16.8. The second-order valence-corrected chi connectivity index (χ2v) is 7.33. The fourth-order valence-electron chi connectivity index (χ4n) is 3.56. The molecule has 8 heteroatoms. The van der Waals surface area contributed by atoms with Gasteiger partial charge in [0.15, 0.2) is 0 Å². The molecule has 0 N–H and O–H groups in total. The third-order valence-corrected chi connectivity index (χ3v) is 5.43. The Kier molecular flexibility index (Phi) is 5.39. The van der Waals surface area contributed by atoms with Crippen molar-refractivity contribution < 1.29 is 14.5 Å². The second kappa shape index (κ2) is 7.79. The number of nitro benzene ring substituents is 1. The molecule has 0 spiro atoms. The molecule has 2 aromatic rings. The zero-order valence-electron chi connectivity index (χ0n) is 16.8. The average molecular weight is 404 g/mol. The van der Waals surface area contributed by atoms with Crippen molar-refractivity contribution in [2.24, 2.45) is 0 Å². The van der Waals surface area contributed by atoms with Gasteiger partial charge in [0.05, 0.1) is 16.6 Å². The van der Waals surface area contributed by atoms with Crippen molar-refractivity contribution in [1.82, 2.24) is 9.80 Å². The quantitative estimate of drug-likeness (QED) is 0.442. The number of piperazine rings is 1. The molecule has 3 rings (SSSR count). The smallest absolute Gasteiger partial charge is 0.271 e. The lowest BCUT2D eigenvalue weighted by Gasteiger charge is -2.45. The van der Waals surface area contributed by atoms with Gasteiger partial charge >= 0.3 is 0 Å². The first-order chi connectivity index (χ1) is 14.2. The Morgan fingerprint density at radius 1 is 1.17 bits per heavy atom. The van der Waals surface area contributed by atoms with Crippen LogP contribution >= 0.6 is 0 Å². The van der Waals surface area contributed by atoms with Crippen molar-refractivity contribution in [3.63, 3.8) is 0 Å². The van der Waals surface area contributed by atoms with Gasteiger partial charge in [-0.3, -0.25) is 19.7 Å². The number of carbonyl (C=O) groups excluding carboxylic acids is 2. The number of rotatable bonds is 4. The van der Waals surface area contributed by atoms with Gasteiger partial charge in [-0.2, -0.15) is 5.26 Å². The second-order valence-electron chi connectivity index (χ2n) is 7.33. The van der Waals surface area contributed by atoms with Crippen LogP contribution in [0.25, 0.3) is 6.08 Å². The molecule has 1 heterocycles. The van der Waals surface area contributed by atoms with Gasteiger partial charge in [-0.25, -0.2) is 0 Å². The topological polar surface area (TPSA) is 108 Å². The van der Waals surface area contributed by atoms with Crippen LogP contribution in [0.15, 0.2) is 54.2 Å². The van der Waals surface area contributed by atoms with Crippen molar-refractivity contribution >= 4 is 23.6 Å². The van der Waals surface area contributed by atoms with Gasteiger partial charge in [-0.1, -0.05) is 30.3 Å². The first-order valence-corrected chi connectivity index (χ1v) is 9.19. The van der Waals surface area contributed by atoms with Gasteiger partial charge in [-0.15, -0.1) is 0 Å². The predicted molar refractivity (Wildman–Crippen MR) is 110 cm³/mol. The molecule has 0 bridgehead atoms. The number of hydrogen-bond acceptors (Lipinski definition) is 5. The molecule has 0 aliphatic carbocycles. The molecule has 1 aliphatic rings. The lowest BCUT2D eigenvalue weighted by atomic mass is 9.86. The van der Waals surface area contributed by atoms with E-state index in [1.807, 2.05) is 0 Å². The van der Waals surface area contributed by atoms with Crippen molar-refractivity contribution in [2.45, 2.75) is 18.9 Å². The molecule has 8 nitrogen and oxygen atoms in total. The number of carbonyl (C=O) groups is 2. The van der Waals surface area contributed by atoms with E-state index in [9.17, 15) is 25.0 Å². The van der Waals surface area contributed by atoms with E-state index in [0.29, 0.717) is 16.7 Å². The van der Waals surface area contributed by atoms with Crippen molar-refractivity contribution in [3.05, 3.63) is 81.0 Å². The van der Waals surface area contributed by atoms with Gasteiger partial charge in [0, 0.05) is 32.6 Å². The normalized spacial score (nSPS) is 20.4. The molecule has 0 radical (unpaired) electrons. The maximum atomic E-state index is 13.3. The molecule has 0 aromatic heterocycles. The average Bonchev–Trinajstić information content (AvgIpc) is 2.74. The highest BCUT2D eigenvalue weighted by Crippen LogP contribution is 2.32. The Balaban J connectivity index is 1.99. The Bertz CT molecular complexity index is 1120. The van der Waals surface area contributed by atoms with Gasteiger partial charge in [0.25, 0.3) is 17.5 Å². The van der Waals surface area contributed by atoms with Crippen LogP contribution < -0.4 is 0 Å². The minimum Gasteiger partial charge on any atom is -0.326 e. The molecule has 1 aliphatic heterocycles. The largest absolute Gasteiger partial charge is 0.326 e. The van der Waals surface area contributed by atoms with Gasteiger partial charge < -0.3 is 9.80 Å². The first-order valence-electron chi connectivity index (χ1n) is 9.19. The standard InChI is InChI=1S/C22H20N4O4/c1-22(13-15-7-6-10-18(11-15)26(29)30)21(28)24(2)19(20(27)25(22)3)12-16-8-4-5-9-17(16)14-23/h4-12H,13H2,1-3H3. The molecule has 152 valence electrons. The van der Waals surface area contributed by atoms with Crippen LogP contribution in [0, 0.1) is 21.4 Å². The molecule has 1 fully saturated rings. The van der Waals surface area contributed by atoms with E-state index in [1.54, 1.807) is 43.3 Å². The van der Waals surface area contributed by atoms with Gasteiger partial charge in [0.1, 0.15) is 11.2 Å². The number of amides is 2. The van der Waals surface area contributed by atoms with E-state index in [0.717, 1.165) is 0 Å². The third kappa shape index (κ3) is 3.53. The summed E-state index contributed by atoms with van der Waals surface area (Å²) in [6, 6.07) is 14.9. The van der Waals surface area contributed by atoms with E-state index in [2.05, 4.69) is 6.07 Å². The Morgan fingerprint density at radius 2 is 1.87 bits per heavy atom. The molecule has 2 amide bonds. The lowest BCUT2D eigenvalue weighted by Crippen LogP contribution is -2.64. The third-order valence-electron chi connectivity index (χ3n) is 5.43. The summed E-state index contributed by atoms with van der Waals surface area (Å²) in [7, 11) is 3.05. The van der Waals surface area contributed by atoms with Gasteiger partial charge in [0.2, 0.25) is 0 Å². The summed E-state index contributed by atoms with van der Waals surface area (Å²) in [6.07, 6.45) is 1.66. The van der Waals surface area contributed by atoms with Crippen LogP contribution in [0.4, 0.5) is 5.69 Å². The van der Waals surface area contributed by atoms with Crippen LogP contribution in [0.3, 0.4) is 0 Å². The number of nitro groups is 1. The van der Waals surface area contributed by atoms with Crippen LogP contribution in [0.1, 0.15) is 23.6 Å². The highest BCUT2D eigenvalue weighted by Gasteiger charge is 2.48. The Labute approximate surface area is 173 Å². The summed E-state index contributed by atoms with van der Waals surface area (Å²) in [4.78, 5) is 39.6. The number of benzene rings is 2. The van der Waals surface area contributed by atoms with Crippen LogP contribution in [-0.2, 0) is 16.0 Å².